The quantitative estimate of drug-likeness (QED) is 0.383. The Balaban J connectivity index is 0.00000300. The molecule has 160 valence electrons. The average Bonchev–Trinajstić information content (AvgIpc) is 2.87. The van der Waals surface area contributed by atoms with Gasteiger partial charge in [0.05, 0.1) is 0 Å². The molecule has 1 atom stereocenters. The normalized spacial score (nSPS) is 17.2. The maximum absolute atomic E-state index is 10.5. The van der Waals surface area contributed by atoms with E-state index in [9.17, 15) is 4.79 Å². The Bertz CT molecular complexity index is 818. The second-order valence-electron chi connectivity index (χ2n) is 8.89. The number of aliphatic carboxylic acids is 1. The molecular formula is C25H36BrNO2. The molecule has 3 nitrogen and oxygen atoms in total. The molecule has 0 aliphatic carbocycles. The van der Waals surface area contributed by atoms with Crippen molar-refractivity contribution in [3.05, 3.63) is 42.0 Å². The summed E-state index contributed by atoms with van der Waals surface area (Å²) in [7, 11) is 0. The Morgan fingerprint density at radius 2 is 1.59 bits per heavy atom. The summed E-state index contributed by atoms with van der Waals surface area (Å²) in [6.45, 7) is 8.27. The zero-order chi connectivity index (χ0) is 20.1. The summed E-state index contributed by atoms with van der Waals surface area (Å²) < 4.78 is 0. The maximum Gasteiger partial charge on any atom is 0.303 e. The Morgan fingerprint density at radius 3 is 2.28 bits per heavy atom. The van der Waals surface area contributed by atoms with Crippen molar-refractivity contribution in [2.24, 2.45) is 0 Å². The molecule has 0 spiro atoms. The van der Waals surface area contributed by atoms with Crippen LogP contribution in [0.25, 0.3) is 10.8 Å². The third kappa shape index (κ3) is 5.33. The monoisotopic (exact) mass is 461 g/mol. The van der Waals surface area contributed by atoms with Crippen molar-refractivity contribution in [3.63, 3.8) is 0 Å². The maximum atomic E-state index is 10.5. The zero-order valence-corrected chi connectivity index (χ0v) is 19.8. The van der Waals surface area contributed by atoms with E-state index in [2.05, 4.69) is 62.1 Å². The average molecular weight is 462 g/mol. The van der Waals surface area contributed by atoms with Crippen LogP contribution >= 0.6 is 17.0 Å². The summed E-state index contributed by atoms with van der Waals surface area (Å²) >= 11 is 0. The summed E-state index contributed by atoms with van der Waals surface area (Å²) in [6, 6.07) is 13.9. The van der Waals surface area contributed by atoms with Gasteiger partial charge in [-0.15, -0.1) is 17.0 Å². The predicted octanol–water partition coefficient (Wildman–Crippen LogP) is 7.11. The first kappa shape index (κ1) is 23.7. The molecule has 3 rings (SSSR count). The van der Waals surface area contributed by atoms with Crippen LogP contribution in [-0.2, 0) is 10.2 Å². The number of anilines is 1. The first-order valence-corrected chi connectivity index (χ1v) is 10.9. The Kier molecular flexibility index (Phi) is 8.57. The number of carboxylic acids is 1. The second kappa shape index (κ2) is 10.5. The van der Waals surface area contributed by atoms with E-state index in [1.54, 1.807) is 0 Å². The molecule has 1 N–H and O–H groups in total. The highest BCUT2D eigenvalue weighted by Crippen LogP contribution is 2.48. The Hall–Kier alpha value is -1.55. The molecular weight excluding hydrogens is 426 g/mol. The molecule has 29 heavy (non-hydrogen) atoms. The largest absolute Gasteiger partial charge is 0.481 e. The summed E-state index contributed by atoms with van der Waals surface area (Å²) in [6.07, 6.45) is 8.30. The lowest BCUT2D eigenvalue weighted by atomic mass is 9.79. The van der Waals surface area contributed by atoms with Crippen LogP contribution in [0, 0.1) is 0 Å². The predicted molar refractivity (Wildman–Crippen MR) is 129 cm³/mol. The van der Waals surface area contributed by atoms with E-state index in [4.69, 9.17) is 5.11 Å². The molecule has 2 aromatic rings. The molecule has 4 heteroatoms. The van der Waals surface area contributed by atoms with Crippen molar-refractivity contribution in [1.82, 2.24) is 0 Å². The van der Waals surface area contributed by atoms with Crippen LogP contribution in [0.15, 0.2) is 36.4 Å². The number of carboxylic acid groups (broad SMARTS) is 1. The molecule has 0 saturated heterocycles. The van der Waals surface area contributed by atoms with Crippen LogP contribution in [-0.4, -0.2) is 23.7 Å². The van der Waals surface area contributed by atoms with Gasteiger partial charge in [-0.2, -0.15) is 0 Å². The zero-order valence-electron chi connectivity index (χ0n) is 18.1. The number of unbranched alkanes of at least 4 members (excludes halogenated alkanes) is 6. The highest BCUT2D eigenvalue weighted by molar-refractivity contribution is 8.93. The third-order valence-corrected chi connectivity index (χ3v) is 6.66. The van der Waals surface area contributed by atoms with Crippen molar-refractivity contribution < 1.29 is 9.90 Å². The first-order chi connectivity index (χ1) is 13.4. The lowest BCUT2D eigenvalue weighted by Gasteiger charge is -2.31. The topological polar surface area (TPSA) is 40.5 Å². The van der Waals surface area contributed by atoms with E-state index in [-0.39, 0.29) is 22.4 Å². The summed E-state index contributed by atoms with van der Waals surface area (Å²) in [5.74, 6) is -0.671. The van der Waals surface area contributed by atoms with E-state index in [1.165, 1.54) is 47.7 Å². The highest BCUT2D eigenvalue weighted by atomic mass is 79.9. The van der Waals surface area contributed by atoms with Crippen molar-refractivity contribution >= 4 is 39.4 Å². The van der Waals surface area contributed by atoms with E-state index < -0.39 is 5.97 Å². The minimum absolute atomic E-state index is 0. The lowest BCUT2D eigenvalue weighted by molar-refractivity contribution is -0.137. The fourth-order valence-corrected chi connectivity index (χ4v) is 4.74. The van der Waals surface area contributed by atoms with Crippen LogP contribution in [0.4, 0.5) is 5.69 Å². The van der Waals surface area contributed by atoms with E-state index >= 15 is 0 Å². The fourth-order valence-electron chi connectivity index (χ4n) is 4.74. The molecule has 0 radical (unpaired) electrons. The molecule has 1 unspecified atom stereocenters. The number of hydrogen-bond donors (Lipinski definition) is 1. The van der Waals surface area contributed by atoms with Crippen molar-refractivity contribution in [3.8, 4) is 0 Å². The SMILES string of the molecule is Br.CC1N(CCCCCCCCCC(=O)O)c2ccc3ccccc3c2C1(C)C. The van der Waals surface area contributed by atoms with Gasteiger partial charge >= 0.3 is 5.97 Å². The molecule has 1 aliphatic heterocycles. The highest BCUT2D eigenvalue weighted by Gasteiger charge is 2.42. The third-order valence-electron chi connectivity index (χ3n) is 6.66. The van der Waals surface area contributed by atoms with Gasteiger partial charge in [0.15, 0.2) is 0 Å². The molecule has 1 aliphatic rings. The van der Waals surface area contributed by atoms with Gasteiger partial charge in [0.25, 0.3) is 0 Å². The van der Waals surface area contributed by atoms with Crippen molar-refractivity contribution in [1.29, 1.82) is 0 Å². The van der Waals surface area contributed by atoms with Crippen LogP contribution < -0.4 is 4.90 Å². The first-order valence-electron chi connectivity index (χ1n) is 10.9. The van der Waals surface area contributed by atoms with Gasteiger partial charge in [0.1, 0.15) is 0 Å². The van der Waals surface area contributed by atoms with Crippen LogP contribution in [0.5, 0.6) is 0 Å². The number of benzene rings is 2. The van der Waals surface area contributed by atoms with Gasteiger partial charge in [-0.1, -0.05) is 76.3 Å². The Labute approximate surface area is 186 Å². The van der Waals surface area contributed by atoms with E-state index in [0.29, 0.717) is 12.5 Å². The number of carbonyl (C=O) groups is 1. The van der Waals surface area contributed by atoms with Gasteiger partial charge in [0, 0.05) is 30.1 Å². The molecule has 2 aromatic carbocycles. The van der Waals surface area contributed by atoms with Crippen LogP contribution in [0.2, 0.25) is 0 Å². The summed E-state index contributed by atoms with van der Waals surface area (Å²) in [4.78, 5) is 13.1. The lowest BCUT2D eigenvalue weighted by Crippen LogP contribution is -2.39. The molecule has 0 fully saturated rings. The van der Waals surface area contributed by atoms with Crippen molar-refractivity contribution in [2.45, 2.75) is 83.6 Å². The molecule has 0 saturated carbocycles. The van der Waals surface area contributed by atoms with Gasteiger partial charge in [-0.25, -0.2) is 0 Å². The summed E-state index contributed by atoms with van der Waals surface area (Å²) in [5.41, 5.74) is 3.08. The number of rotatable bonds is 10. The number of halogens is 1. The minimum atomic E-state index is -0.671. The standard InChI is InChI=1S/C25H35NO2.BrH/c1-19-25(2,3)24-21-14-11-10-13-20(21)16-17-22(24)26(19)18-12-8-6-4-5-7-9-15-23(27)28;/h10-11,13-14,16-17,19H,4-9,12,15,18H2,1-3H3,(H,27,28);1H. The minimum Gasteiger partial charge on any atom is -0.481 e. The number of hydrogen-bond acceptors (Lipinski definition) is 2. The molecule has 0 bridgehead atoms. The fraction of sp³-hybridized carbons (Fsp3) is 0.560. The van der Waals surface area contributed by atoms with Gasteiger partial charge < -0.3 is 10.0 Å². The van der Waals surface area contributed by atoms with Gasteiger partial charge in [0.2, 0.25) is 0 Å². The smallest absolute Gasteiger partial charge is 0.303 e. The second-order valence-corrected chi connectivity index (χ2v) is 8.89. The number of nitrogens with zero attached hydrogens (tertiary/aromatic N) is 1. The Morgan fingerprint density at radius 1 is 0.966 bits per heavy atom. The van der Waals surface area contributed by atoms with Crippen LogP contribution in [0.3, 0.4) is 0 Å². The molecule has 1 heterocycles. The van der Waals surface area contributed by atoms with Gasteiger partial charge in [-0.3, -0.25) is 4.79 Å². The molecule has 0 amide bonds. The summed E-state index contributed by atoms with van der Waals surface area (Å²) in [5, 5.41) is 11.4. The number of fused-ring (bicyclic) bond motifs is 3. The van der Waals surface area contributed by atoms with E-state index in [1.807, 2.05) is 0 Å². The molecule has 0 aromatic heterocycles. The van der Waals surface area contributed by atoms with Crippen molar-refractivity contribution in [2.75, 3.05) is 11.4 Å². The van der Waals surface area contributed by atoms with E-state index in [0.717, 1.165) is 25.8 Å². The van der Waals surface area contributed by atoms with Crippen LogP contribution in [0.1, 0.15) is 77.7 Å². The van der Waals surface area contributed by atoms with Gasteiger partial charge in [-0.05, 0) is 42.2 Å².